The fraction of sp³-hybridized carbons (Fsp3) is 0.533. The lowest BCUT2D eigenvalue weighted by Gasteiger charge is -2.36. The van der Waals surface area contributed by atoms with Crippen LogP contribution in [0.25, 0.3) is 0 Å². The first-order valence-corrected chi connectivity index (χ1v) is 7.53. The molecule has 0 radical (unpaired) electrons. The van der Waals surface area contributed by atoms with Gasteiger partial charge in [-0.15, -0.1) is 22.6 Å². The lowest BCUT2D eigenvalue weighted by Crippen LogP contribution is -2.45. The summed E-state index contributed by atoms with van der Waals surface area (Å²) in [5.74, 6) is 2.03. The van der Waals surface area contributed by atoms with Crippen LogP contribution in [0.2, 0.25) is 0 Å². The number of hydrogen-bond donors (Lipinski definition) is 1. The molecule has 0 saturated carbocycles. The summed E-state index contributed by atoms with van der Waals surface area (Å²) < 4.78 is 2.18. The molecule has 0 bridgehead atoms. The number of nitrogens with one attached hydrogen (secondary N) is 1. The van der Waals surface area contributed by atoms with Crippen LogP contribution < -0.4 is 5.32 Å². The zero-order valence-corrected chi connectivity index (χ0v) is 13.9. The van der Waals surface area contributed by atoms with Gasteiger partial charge < -0.3 is 9.88 Å². The molecular weight excluding hydrogens is 300 g/mol. The third-order valence-electron chi connectivity index (χ3n) is 4.10. The van der Waals surface area contributed by atoms with E-state index in [0.29, 0.717) is 6.04 Å². The molecule has 1 saturated heterocycles. The van der Waals surface area contributed by atoms with Gasteiger partial charge in [0.25, 0.3) is 0 Å². The Hall–Kier alpha value is -1.50. The molecule has 3 heterocycles. The number of aryl methyl sites for hydroxylation is 1. The molecule has 0 amide bonds. The van der Waals surface area contributed by atoms with Crippen LogP contribution in [0.1, 0.15) is 30.2 Å². The highest BCUT2D eigenvalue weighted by atomic mass is 35.5. The van der Waals surface area contributed by atoms with Crippen molar-refractivity contribution >= 4 is 12.4 Å². The summed E-state index contributed by atoms with van der Waals surface area (Å²) in [6, 6.07) is 4.49. The number of hydrogen-bond acceptors (Lipinski definition) is 5. The van der Waals surface area contributed by atoms with E-state index in [1.54, 1.807) is 0 Å². The predicted octanol–water partition coefficient (Wildman–Crippen LogP) is 1.57. The number of nitrogens with zero attached hydrogens (tertiary/aromatic N) is 5. The van der Waals surface area contributed by atoms with E-state index in [0.717, 1.165) is 44.4 Å². The van der Waals surface area contributed by atoms with Gasteiger partial charge in [-0.05, 0) is 25.5 Å². The fourth-order valence-corrected chi connectivity index (χ4v) is 2.97. The van der Waals surface area contributed by atoms with Crippen molar-refractivity contribution in [2.75, 3.05) is 19.6 Å². The van der Waals surface area contributed by atoms with Crippen LogP contribution in [-0.4, -0.2) is 44.3 Å². The van der Waals surface area contributed by atoms with E-state index < -0.39 is 0 Å². The first kappa shape index (κ1) is 16.9. The minimum atomic E-state index is 0. The van der Waals surface area contributed by atoms with E-state index in [-0.39, 0.29) is 12.4 Å². The van der Waals surface area contributed by atoms with Crippen LogP contribution in [0.15, 0.2) is 24.5 Å². The Labute approximate surface area is 137 Å². The van der Waals surface area contributed by atoms with E-state index in [1.807, 2.05) is 25.4 Å². The molecule has 1 atom stereocenters. The molecule has 7 heteroatoms. The van der Waals surface area contributed by atoms with Crippen LogP contribution >= 0.6 is 12.4 Å². The molecule has 120 valence electrons. The van der Waals surface area contributed by atoms with E-state index in [1.165, 1.54) is 5.56 Å². The van der Waals surface area contributed by atoms with Crippen molar-refractivity contribution in [2.45, 2.75) is 33.0 Å². The van der Waals surface area contributed by atoms with Crippen molar-refractivity contribution in [2.24, 2.45) is 0 Å². The molecule has 0 spiro atoms. The van der Waals surface area contributed by atoms with Gasteiger partial charge in [0.1, 0.15) is 11.6 Å². The molecule has 2 aromatic heterocycles. The second-order valence-corrected chi connectivity index (χ2v) is 5.38. The molecule has 1 unspecified atom stereocenters. The third kappa shape index (κ3) is 3.45. The summed E-state index contributed by atoms with van der Waals surface area (Å²) in [6.07, 6.45) is 3.78. The SMILES string of the molecule is CCn1c(C)nnc1CN1CCNCC1c1cccnc1.Cl. The van der Waals surface area contributed by atoms with Crippen LogP contribution in [0.3, 0.4) is 0 Å². The van der Waals surface area contributed by atoms with Gasteiger partial charge in [-0.3, -0.25) is 9.88 Å². The second-order valence-electron chi connectivity index (χ2n) is 5.38. The fourth-order valence-electron chi connectivity index (χ4n) is 2.97. The molecule has 3 rings (SSSR count). The van der Waals surface area contributed by atoms with Crippen LogP contribution in [-0.2, 0) is 13.1 Å². The summed E-state index contributed by atoms with van der Waals surface area (Å²) in [7, 11) is 0. The summed E-state index contributed by atoms with van der Waals surface area (Å²) >= 11 is 0. The third-order valence-corrected chi connectivity index (χ3v) is 4.10. The number of piperazine rings is 1. The smallest absolute Gasteiger partial charge is 0.147 e. The molecule has 1 aliphatic rings. The van der Waals surface area contributed by atoms with Gasteiger partial charge in [0.05, 0.1) is 6.54 Å². The standard InChI is InChI=1S/C15H22N6.ClH/c1-3-21-12(2)18-19-15(21)11-20-8-7-17-10-14(20)13-5-4-6-16-9-13;/h4-6,9,14,17H,3,7-8,10-11H2,1-2H3;1H. The summed E-state index contributed by atoms with van der Waals surface area (Å²) in [4.78, 5) is 6.71. The Morgan fingerprint density at radius 3 is 2.95 bits per heavy atom. The van der Waals surface area contributed by atoms with E-state index in [9.17, 15) is 0 Å². The van der Waals surface area contributed by atoms with Gasteiger partial charge >= 0.3 is 0 Å². The average Bonchev–Trinajstić information content (AvgIpc) is 2.88. The largest absolute Gasteiger partial charge is 0.314 e. The highest BCUT2D eigenvalue weighted by Crippen LogP contribution is 2.23. The van der Waals surface area contributed by atoms with Crippen molar-refractivity contribution < 1.29 is 0 Å². The predicted molar refractivity (Wildman–Crippen MR) is 87.9 cm³/mol. The first-order chi connectivity index (χ1) is 10.3. The number of aromatic nitrogens is 4. The average molecular weight is 323 g/mol. The molecule has 6 nitrogen and oxygen atoms in total. The van der Waals surface area contributed by atoms with Crippen molar-refractivity contribution in [3.05, 3.63) is 41.7 Å². The van der Waals surface area contributed by atoms with E-state index in [4.69, 9.17) is 0 Å². The number of rotatable bonds is 4. The van der Waals surface area contributed by atoms with E-state index in [2.05, 4.69) is 43.0 Å². The molecule has 0 aliphatic carbocycles. The van der Waals surface area contributed by atoms with Gasteiger partial charge in [-0.1, -0.05) is 6.07 Å². The monoisotopic (exact) mass is 322 g/mol. The summed E-state index contributed by atoms with van der Waals surface area (Å²) in [5, 5.41) is 12.0. The normalized spacial score (nSPS) is 18.9. The Bertz CT molecular complexity index is 585. The maximum atomic E-state index is 4.34. The summed E-state index contributed by atoms with van der Waals surface area (Å²) in [6.45, 7) is 8.86. The highest BCUT2D eigenvalue weighted by Gasteiger charge is 2.25. The minimum absolute atomic E-state index is 0. The van der Waals surface area contributed by atoms with Crippen molar-refractivity contribution in [3.63, 3.8) is 0 Å². The first-order valence-electron chi connectivity index (χ1n) is 7.53. The van der Waals surface area contributed by atoms with Crippen LogP contribution in [0, 0.1) is 6.92 Å². The summed E-state index contributed by atoms with van der Waals surface area (Å²) in [5.41, 5.74) is 1.25. The van der Waals surface area contributed by atoms with Gasteiger partial charge in [-0.25, -0.2) is 0 Å². The molecule has 1 N–H and O–H groups in total. The second kappa shape index (κ2) is 7.67. The zero-order chi connectivity index (χ0) is 14.7. The van der Waals surface area contributed by atoms with Crippen molar-refractivity contribution in [1.29, 1.82) is 0 Å². The lowest BCUT2D eigenvalue weighted by molar-refractivity contribution is 0.147. The quantitative estimate of drug-likeness (QED) is 0.926. The molecule has 22 heavy (non-hydrogen) atoms. The zero-order valence-electron chi connectivity index (χ0n) is 13.1. The maximum absolute atomic E-state index is 4.34. The molecule has 2 aromatic rings. The van der Waals surface area contributed by atoms with E-state index >= 15 is 0 Å². The molecular formula is C15H23ClN6. The van der Waals surface area contributed by atoms with Crippen LogP contribution in [0.5, 0.6) is 0 Å². The molecule has 0 aromatic carbocycles. The lowest BCUT2D eigenvalue weighted by atomic mass is 10.1. The maximum Gasteiger partial charge on any atom is 0.147 e. The number of halogens is 1. The molecule has 1 fully saturated rings. The molecule has 1 aliphatic heterocycles. The Balaban J connectivity index is 0.00000176. The Kier molecular flexibility index (Phi) is 5.88. The minimum Gasteiger partial charge on any atom is -0.314 e. The van der Waals surface area contributed by atoms with Gasteiger partial charge in [0.15, 0.2) is 0 Å². The highest BCUT2D eigenvalue weighted by molar-refractivity contribution is 5.85. The van der Waals surface area contributed by atoms with Gasteiger partial charge in [-0.2, -0.15) is 0 Å². The van der Waals surface area contributed by atoms with Crippen molar-refractivity contribution in [1.82, 2.24) is 30.0 Å². The van der Waals surface area contributed by atoms with Gasteiger partial charge in [0.2, 0.25) is 0 Å². The Morgan fingerprint density at radius 1 is 1.36 bits per heavy atom. The van der Waals surface area contributed by atoms with Crippen LogP contribution in [0.4, 0.5) is 0 Å². The Morgan fingerprint density at radius 2 is 2.23 bits per heavy atom. The number of pyridine rings is 1. The topological polar surface area (TPSA) is 58.9 Å². The van der Waals surface area contributed by atoms with Gasteiger partial charge in [0, 0.05) is 44.6 Å². The van der Waals surface area contributed by atoms with Crippen molar-refractivity contribution in [3.8, 4) is 0 Å².